The highest BCUT2D eigenvalue weighted by atomic mass is 19.1. The number of benzene rings is 1. The number of amides is 1. The minimum absolute atomic E-state index is 0.0249. The van der Waals surface area contributed by atoms with Crippen LogP contribution in [0.4, 0.5) is 4.39 Å². The van der Waals surface area contributed by atoms with E-state index < -0.39 is 0 Å². The first-order chi connectivity index (χ1) is 12.6. The Balaban J connectivity index is 1.74. The molecule has 0 spiro atoms. The van der Waals surface area contributed by atoms with E-state index in [0.29, 0.717) is 5.91 Å². The van der Waals surface area contributed by atoms with Crippen LogP contribution in [-0.4, -0.2) is 34.5 Å². The number of hydrogen-bond acceptors (Lipinski definition) is 2. The van der Waals surface area contributed by atoms with Gasteiger partial charge in [0.1, 0.15) is 5.82 Å². The second-order valence-corrected chi connectivity index (χ2v) is 9.84. The van der Waals surface area contributed by atoms with Gasteiger partial charge in [0, 0.05) is 29.6 Å². The quantitative estimate of drug-likeness (QED) is 0.771. The normalized spacial score (nSPS) is 26.6. The van der Waals surface area contributed by atoms with Crippen molar-refractivity contribution in [2.24, 2.45) is 5.92 Å². The molecule has 2 fully saturated rings. The maximum atomic E-state index is 13.4. The summed E-state index contributed by atoms with van der Waals surface area (Å²) in [5.41, 5.74) is 1.14. The fraction of sp³-hybridized carbons (Fsp3) is 0.696. The third-order valence-corrected chi connectivity index (χ3v) is 6.05. The molecule has 27 heavy (non-hydrogen) atoms. The summed E-state index contributed by atoms with van der Waals surface area (Å²) in [6, 6.07) is 6.95. The summed E-state index contributed by atoms with van der Waals surface area (Å²) in [6.07, 6.45) is 5.00. The van der Waals surface area contributed by atoms with Crippen LogP contribution in [0.5, 0.6) is 0 Å². The number of piperidine rings is 1. The molecule has 1 heterocycles. The summed E-state index contributed by atoms with van der Waals surface area (Å²) >= 11 is 0. The molecule has 1 saturated heterocycles. The zero-order valence-electron chi connectivity index (χ0n) is 17.5. The van der Waals surface area contributed by atoms with Crippen molar-refractivity contribution in [2.45, 2.75) is 89.8 Å². The van der Waals surface area contributed by atoms with Gasteiger partial charge >= 0.3 is 0 Å². The molecule has 0 bridgehead atoms. The predicted octanol–water partition coefficient (Wildman–Crippen LogP) is 4.87. The SMILES string of the molecule is CCCCN(C(=O)C1CC1c1ccc(F)cc1)C1CC(C)(C)NC(C)(C)C1. The van der Waals surface area contributed by atoms with Crippen molar-refractivity contribution in [2.75, 3.05) is 6.54 Å². The van der Waals surface area contributed by atoms with Crippen LogP contribution in [0.1, 0.15) is 78.2 Å². The number of nitrogens with zero attached hydrogens (tertiary/aromatic N) is 1. The minimum atomic E-state index is -0.217. The molecular weight excluding hydrogens is 339 g/mol. The van der Waals surface area contributed by atoms with Gasteiger partial charge in [-0.25, -0.2) is 4.39 Å². The van der Waals surface area contributed by atoms with E-state index in [1.54, 1.807) is 0 Å². The second kappa shape index (κ2) is 7.54. The third kappa shape index (κ3) is 4.90. The van der Waals surface area contributed by atoms with Gasteiger partial charge < -0.3 is 10.2 Å². The highest BCUT2D eigenvalue weighted by Crippen LogP contribution is 2.49. The van der Waals surface area contributed by atoms with Gasteiger partial charge in [-0.1, -0.05) is 25.5 Å². The molecule has 1 N–H and O–H groups in total. The first kappa shape index (κ1) is 20.3. The van der Waals surface area contributed by atoms with E-state index in [9.17, 15) is 9.18 Å². The van der Waals surface area contributed by atoms with Crippen LogP contribution in [0.15, 0.2) is 24.3 Å². The first-order valence-corrected chi connectivity index (χ1v) is 10.5. The van der Waals surface area contributed by atoms with Gasteiger partial charge in [0.2, 0.25) is 5.91 Å². The van der Waals surface area contributed by atoms with Crippen LogP contribution >= 0.6 is 0 Å². The van der Waals surface area contributed by atoms with Gasteiger partial charge in [0.25, 0.3) is 0 Å². The molecule has 1 saturated carbocycles. The largest absolute Gasteiger partial charge is 0.339 e. The lowest BCUT2D eigenvalue weighted by Crippen LogP contribution is -2.63. The zero-order chi connectivity index (χ0) is 19.8. The number of hydrogen-bond donors (Lipinski definition) is 1. The van der Waals surface area contributed by atoms with Crippen LogP contribution in [0.3, 0.4) is 0 Å². The fourth-order valence-corrected chi connectivity index (χ4v) is 5.05. The van der Waals surface area contributed by atoms with Crippen molar-refractivity contribution >= 4 is 5.91 Å². The van der Waals surface area contributed by atoms with Gasteiger partial charge in [-0.2, -0.15) is 0 Å². The molecule has 2 unspecified atom stereocenters. The minimum Gasteiger partial charge on any atom is -0.339 e. The molecule has 0 aromatic heterocycles. The van der Waals surface area contributed by atoms with Gasteiger partial charge in [0.15, 0.2) is 0 Å². The number of halogens is 1. The van der Waals surface area contributed by atoms with Crippen LogP contribution in [0.25, 0.3) is 0 Å². The van der Waals surface area contributed by atoms with E-state index in [1.807, 2.05) is 12.1 Å². The molecule has 4 heteroatoms. The summed E-state index contributed by atoms with van der Waals surface area (Å²) in [5, 5.41) is 3.72. The van der Waals surface area contributed by atoms with Crippen molar-refractivity contribution in [3.05, 3.63) is 35.6 Å². The van der Waals surface area contributed by atoms with Gasteiger partial charge in [-0.3, -0.25) is 4.79 Å². The van der Waals surface area contributed by atoms with E-state index in [1.165, 1.54) is 12.1 Å². The van der Waals surface area contributed by atoms with Crippen molar-refractivity contribution in [1.82, 2.24) is 10.2 Å². The number of carbonyl (C=O) groups is 1. The maximum Gasteiger partial charge on any atom is 0.226 e. The molecule has 2 aliphatic rings. The summed E-state index contributed by atoms with van der Waals surface area (Å²) < 4.78 is 13.2. The van der Waals surface area contributed by atoms with Crippen molar-refractivity contribution in [3.63, 3.8) is 0 Å². The Morgan fingerprint density at radius 2 is 1.74 bits per heavy atom. The van der Waals surface area contributed by atoms with E-state index in [4.69, 9.17) is 0 Å². The fourth-order valence-electron chi connectivity index (χ4n) is 5.05. The molecule has 1 aliphatic heterocycles. The van der Waals surface area contributed by atoms with E-state index in [0.717, 1.165) is 44.2 Å². The van der Waals surface area contributed by atoms with Crippen LogP contribution in [0, 0.1) is 11.7 Å². The standard InChI is InChI=1S/C23H35FN2O/c1-6-7-12-26(18-14-22(2,3)25-23(4,5)15-18)21(27)20-13-19(20)16-8-10-17(24)11-9-16/h8-11,18-20,25H,6-7,12-15H2,1-5H3. The lowest BCUT2D eigenvalue weighted by molar-refractivity contribution is -0.137. The van der Waals surface area contributed by atoms with Gasteiger partial charge in [-0.05, 0) is 77.0 Å². The van der Waals surface area contributed by atoms with E-state index >= 15 is 0 Å². The molecule has 3 rings (SSSR count). The third-order valence-electron chi connectivity index (χ3n) is 6.05. The molecule has 1 aromatic rings. The summed E-state index contributed by atoms with van der Waals surface area (Å²) in [6.45, 7) is 12.0. The van der Waals surface area contributed by atoms with Gasteiger partial charge in [0.05, 0.1) is 0 Å². The average molecular weight is 375 g/mol. The Hall–Kier alpha value is -1.42. The predicted molar refractivity (Wildman–Crippen MR) is 108 cm³/mol. The number of rotatable bonds is 6. The monoisotopic (exact) mass is 374 g/mol. The Morgan fingerprint density at radius 3 is 2.30 bits per heavy atom. The van der Waals surface area contributed by atoms with Crippen LogP contribution in [-0.2, 0) is 4.79 Å². The molecule has 1 amide bonds. The lowest BCUT2D eigenvalue weighted by Gasteiger charge is -2.49. The zero-order valence-corrected chi connectivity index (χ0v) is 17.5. The topological polar surface area (TPSA) is 32.3 Å². The summed E-state index contributed by atoms with van der Waals surface area (Å²) in [5.74, 6) is 0.403. The Bertz CT molecular complexity index is 651. The van der Waals surface area contributed by atoms with E-state index in [-0.39, 0.29) is 34.8 Å². The van der Waals surface area contributed by atoms with Crippen molar-refractivity contribution < 1.29 is 9.18 Å². The average Bonchev–Trinajstić information content (AvgIpc) is 3.33. The van der Waals surface area contributed by atoms with Crippen LogP contribution in [0.2, 0.25) is 0 Å². The number of nitrogens with one attached hydrogen (secondary N) is 1. The highest BCUT2D eigenvalue weighted by molar-refractivity contribution is 5.83. The number of carbonyl (C=O) groups excluding carboxylic acids is 1. The molecule has 3 nitrogen and oxygen atoms in total. The Morgan fingerprint density at radius 1 is 1.15 bits per heavy atom. The molecule has 1 aliphatic carbocycles. The maximum absolute atomic E-state index is 13.4. The Labute approximate surface area is 163 Å². The van der Waals surface area contributed by atoms with Crippen molar-refractivity contribution in [3.8, 4) is 0 Å². The van der Waals surface area contributed by atoms with E-state index in [2.05, 4.69) is 44.8 Å². The smallest absolute Gasteiger partial charge is 0.226 e. The molecule has 150 valence electrons. The van der Waals surface area contributed by atoms with Crippen LogP contribution < -0.4 is 5.32 Å². The first-order valence-electron chi connectivity index (χ1n) is 10.5. The number of unbranched alkanes of at least 4 members (excludes halogenated alkanes) is 1. The molecule has 2 atom stereocenters. The summed E-state index contributed by atoms with van der Waals surface area (Å²) in [4.78, 5) is 15.6. The lowest BCUT2D eigenvalue weighted by atomic mass is 9.78. The molecule has 1 aromatic carbocycles. The molecular formula is C23H35FN2O. The summed E-state index contributed by atoms with van der Waals surface area (Å²) in [7, 11) is 0. The van der Waals surface area contributed by atoms with Gasteiger partial charge in [-0.15, -0.1) is 0 Å². The Kier molecular flexibility index (Phi) is 5.67. The highest BCUT2D eigenvalue weighted by Gasteiger charge is 2.48. The molecule has 0 radical (unpaired) electrons. The second-order valence-electron chi connectivity index (χ2n) is 9.84. The van der Waals surface area contributed by atoms with Crippen molar-refractivity contribution in [1.29, 1.82) is 0 Å².